The van der Waals surface area contributed by atoms with Crippen molar-refractivity contribution in [2.24, 2.45) is 5.73 Å². The zero-order valence-corrected chi connectivity index (χ0v) is 6.86. The molecule has 0 aliphatic rings. The third-order valence-corrected chi connectivity index (χ3v) is 2.31. The van der Waals surface area contributed by atoms with Crippen molar-refractivity contribution in [3.63, 3.8) is 0 Å². The molecule has 3 nitrogen and oxygen atoms in total. The fraction of sp³-hybridized carbons (Fsp3) is 0.200. The van der Waals surface area contributed by atoms with E-state index in [1.54, 1.807) is 11.8 Å². The van der Waals surface area contributed by atoms with Gasteiger partial charge in [-0.25, -0.2) is 0 Å². The van der Waals surface area contributed by atoms with Gasteiger partial charge in [-0.1, -0.05) is 22.3 Å². The molecule has 0 bridgehead atoms. The zero-order chi connectivity index (χ0) is 7.23. The third-order valence-electron chi connectivity index (χ3n) is 0.804. The minimum absolute atomic E-state index is 0.863. The van der Waals surface area contributed by atoms with Gasteiger partial charge in [0.2, 0.25) is 0 Å². The lowest BCUT2D eigenvalue weighted by Gasteiger charge is -1.86. The maximum atomic E-state index is 5.14. The summed E-state index contributed by atoms with van der Waals surface area (Å²) in [5.41, 5.74) is 5.14. The number of thioether (sulfide) groups is 1. The van der Waals surface area contributed by atoms with Crippen molar-refractivity contribution in [2.45, 2.75) is 5.03 Å². The van der Waals surface area contributed by atoms with Gasteiger partial charge < -0.3 is 5.73 Å². The molecule has 1 aromatic rings. The Bertz CT molecular complexity index is 195. The average Bonchev–Trinajstić information content (AvgIpc) is 2.41. The highest BCUT2D eigenvalue weighted by molar-refractivity contribution is 7.99. The Kier molecular flexibility index (Phi) is 3.25. The van der Waals surface area contributed by atoms with Crippen molar-refractivity contribution < 1.29 is 0 Å². The van der Waals surface area contributed by atoms with E-state index >= 15 is 0 Å². The van der Waals surface area contributed by atoms with E-state index in [0.29, 0.717) is 0 Å². The lowest BCUT2D eigenvalue weighted by atomic mass is 10.7. The van der Waals surface area contributed by atoms with Crippen LogP contribution in [0, 0.1) is 0 Å². The highest BCUT2D eigenvalue weighted by Crippen LogP contribution is 2.14. The molecule has 1 heterocycles. The normalized spacial score (nSPS) is 10.8. The molecule has 10 heavy (non-hydrogen) atoms. The molecular weight excluding hydrogens is 166 g/mol. The van der Waals surface area contributed by atoms with Crippen LogP contribution in [0.3, 0.4) is 0 Å². The zero-order valence-electron chi connectivity index (χ0n) is 5.23. The summed E-state index contributed by atoms with van der Waals surface area (Å²) >= 11 is 2.98. The van der Waals surface area contributed by atoms with E-state index in [2.05, 4.69) is 9.59 Å². The van der Waals surface area contributed by atoms with E-state index in [9.17, 15) is 0 Å². The lowest BCUT2D eigenvalue weighted by Crippen LogP contribution is -1.78. The van der Waals surface area contributed by atoms with Crippen LogP contribution in [-0.4, -0.2) is 15.3 Å². The topological polar surface area (TPSA) is 51.8 Å². The van der Waals surface area contributed by atoms with Crippen molar-refractivity contribution in [1.29, 1.82) is 0 Å². The quantitative estimate of drug-likeness (QED) is 0.695. The summed E-state index contributed by atoms with van der Waals surface area (Å²) in [5, 5.41) is 6.72. The monoisotopic (exact) mass is 173 g/mol. The number of aromatic nitrogens is 2. The van der Waals surface area contributed by atoms with Crippen LogP contribution in [0.25, 0.3) is 0 Å². The predicted octanol–water partition coefficient (Wildman–Crippen LogP) is 1.10. The molecule has 2 N–H and O–H groups in total. The highest BCUT2D eigenvalue weighted by Gasteiger charge is 1.92. The molecule has 0 radical (unpaired) electrons. The maximum absolute atomic E-state index is 5.14. The van der Waals surface area contributed by atoms with Crippen LogP contribution < -0.4 is 5.73 Å². The van der Waals surface area contributed by atoms with Crippen molar-refractivity contribution in [2.75, 3.05) is 5.75 Å². The molecule has 0 unspecified atom stereocenters. The predicted molar refractivity (Wildman–Crippen MR) is 44.0 cm³/mol. The Balaban J connectivity index is 2.28. The van der Waals surface area contributed by atoms with Crippen LogP contribution in [0.5, 0.6) is 0 Å². The molecule has 0 amide bonds. The van der Waals surface area contributed by atoms with Gasteiger partial charge in [0.25, 0.3) is 0 Å². The van der Waals surface area contributed by atoms with E-state index in [1.165, 1.54) is 17.7 Å². The van der Waals surface area contributed by atoms with Crippen LogP contribution in [0.15, 0.2) is 22.7 Å². The van der Waals surface area contributed by atoms with E-state index in [-0.39, 0.29) is 0 Å². The van der Waals surface area contributed by atoms with Crippen molar-refractivity contribution in [3.05, 3.63) is 17.7 Å². The smallest absolute Gasteiger partial charge is 0.132 e. The fourth-order valence-electron chi connectivity index (χ4n) is 0.408. The Labute approximate surface area is 67.5 Å². The standard InChI is InChI=1S/C5H7N3S2/c6-2-1-3-9-5-4-10-8-7-5/h1-2,4H,3,6H2. The lowest BCUT2D eigenvalue weighted by molar-refractivity contribution is 1.04. The summed E-state index contributed by atoms with van der Waals surface area (Å²) in [7, 11) is 0. The first kappa shape index (κ1) is 7.56. The van der Waals surface area contributed by atoms with Gasteiger partial charge in [0.05, 0.1) is 0 Å². The van der Waals surface area contributed by atoms with Gasteiger partial charge in [-0.2, -0.15) is 0 Å². The van der Waals surface area contributed by atoms with Gasteiger partial charge in [-0.15, -0.1) is 5.10 Å². The van der Waals surface area contributed by atoms with E-state index in [4.69, 9.17) is 5.73 Å². The van der Waals surface area contributed by atoms with Gasteiger partial charge in [0.1, 0.15) is 5.03 Å². The van der Waals surface area contributed by atoms with Crippen molar-refractivity contribution >= 4 is 23.3 Å². The Morgan fingerprint density at radius 3 is 3.30 bits per heavy atom. The number of rotatable bonds is 3. The second kappa shape index (κ2) is 4.29. The molecule has 0 saturated heterocycles. The molecule has 0 aliphatic heterocycles. The summed E-state index contributed by atoms with van der Waals surface area (Å²) in [6.45, 7) is 0. The Morgan fingerprint density at radius 2 is 2.70 bits per heavy atom. The van der Waals surface area contributed by atoms with Gasteiger partial charge in [0, 0.05) is 11.1 Å². The molecule has 5 heteroatoms. The second-order valence-corrected chi connectivity index (χ2v) is 3.13. The third kappa shape index (κ3) is 2.36. The molecule has 1 aromatic heterocycles. The molecule has 0 saturated carbocycles. The van der Waals surface area contributed by atoms with Crippen LogP contribution in [0.1, 0.15) is 0 Å². The molecule has 54 valence electrons. The second-order valence-electron chi connectivity index (χ2n) is 1.48. The molecule has 0 aromatic carbocycles. The Morgan fingerprint density at radius 1 is 1.80 bits per heavy atom. The first-order valence-corrected chi connectivity index (χ1v) is 4.52. The maximum Gasteiger partial charge on any atom is 0.132 e. The molecule has 0 spiro atoms. The summed E-state index contributed by atoms with van der Waals surface area (Å²) in [6.07, 6.45) is 3.41. The van der Waals surface area contributed by atoms with Crippen LogP contribution in [0.4, 0.5) is 0 Å². The first-order valence-electron chi connectivity index (χ1n) is 2.70. The van der Waals surface area contributed by atoms with Crippen LogP contribution >= 0.6 is 23.3 Å². The highest BCUT2D eigenvalue weighted by atomic mass is 32.2. The number of hydrogen-bond acceptors (Lipinski definition) is 5. The summed E-state index contributed by atoms with van der Waals surface area (Å²) in [6, 6.07) is 0. The van der Waals surface area contributed by atoms with E-state index < -0.39 is 0 Å². The van der Waals surface area contributed by atoms with Crippen LogP contribution in [-0.2, 0) is 0 Å². The van der Waals surface area contributed by atoms with Crippen LogP contribution in [0.2, 0.25) is 0 Å². The Hall–Kier alpha value is -0.550. The number of nitrogens with two attached hydrogens (primary N) is 1. The summed E-state index contributed by atoms with van der Waals surface area (Å²) in [5.74, 6) is 0.863. The fourth-order valence-corrected chi connectivity index (χ4v) is 1.66. The van der Waals surface area contributed by atoms with Crippen molar-refractivity contribution in [1.82, 2.24) is 9.59 Å². The van der Waals surface area contributed by atoms with E-state index in [1.807, 2.05) is 11.5 Å². The molecule has 0 aliphatic carbocycles. The summed E-state index contributed by atoms with van der Waals surface area (Å²) in [4.78, 5) is 0. The minimum atomic E-state index is 0.863. The molecule has 0 atom stereocenters. The van der Waals surface area contributed by atoms with Gasteiger partial charge in [-0.05, 0) is 17.7 Å². The summed E-state index contributed by atoms with van der Waals surface area (Å²) < 4.78 is 3.72. The van der Waals surface area contributed by atoms with Crippen molar-refractivity contribution in [3.8, 4) is 0 Å². The number of hydrogen-bond donors (Lipinski definition) is 1. The largest absolute Gasteiger partial charge is 0.405 e. The van der Waals surface area contributed by atoms with Gasteiger partial charge >= 0.3 is 0 Å². The molecular formula is C5H7N3S2. The van der Waals surface area contributed by atoms with Gasteiger partial charge in [0.15, 0.2) is 0 Å². The average molecular weight is 173 g/mol. The minimum Gasteiger partial charge on any atom is -0.405 e. The first-order chi connectivity index (χ1) is 4.93. The molecule has 1 rings (SSSR count). The number of nitrogens with zero attached hydrogens (tertiary/aromatic N) is 2. The van der Waals surface area contributed by atoms with E-state index in [0.717, 1.165) is 10.8 Å². The van der Waals surface area contributed by atoms with Gasteiger partial charge in [-0.3, -0.25) is 0 Å². The molecule has 0 fully saturated rings. The SMILES string of the molecule is NC=CCSc1csnn1.